The lowest BCUT2D eigenvalue weighted by Gasteiger charge is -2.13. The molecule has 0 saturated heterocycles. The average Bonchev–Trinajstić information content (AvgIpc) is 2.89. The third kappa shape index (κ3) is 7.20. The Balaban J connectivity index is 1.81. The molecular weight excluding hydrogens is 456 g/mol. The van der Waals surface area contributed by atoms with Crippen molar-refractivity contribution >= 4 is 29.8 Å². The maximum atomic E-state index is 13.0. The van der Waals surface area contributed by atoms with Gasteiger partial charge in [0.25, 0.3) is 11.8 Å². The molecule has 3 aromatic rings. The molecule has 0 aliphatic heterocycles. The van der Waals surface area contributed by atoms with E-state index in [1.165, 1.54) is 6.21 Å². The molecule has 0 aliphatic rings. The van der Waals surface area contributed by atoms with E-state index in [1.807, 2.05) is 56.3 Å². The first kappa shape index (κ1) is 26.0. The molecule has 0 saturated carbocycles. The third-order valence-electron chi connectivity index (χ3n) is 5.12. The van der Waals surface area contributed by atoms with Crippen LogP contribution in [0, 0.1) is 0 Å². The monoisotopic (exact) mass is 486 g/mol. The molecule has 36 heavy (non-hydrogen) atoms. The number of hydrogen-bond acceptors (Lipinski definition) is 6. The van der Waals surface area contributed by atoms with Gasteiger partial charge in [0, 0.05) is 25.3 Å². The molecule has 186 valence electrons. The minimum Gasteiger partial charge on any atom is -0.493 e. The Hall–Kier alpha value is -4.59. The molecular formula is C28H30N4O4. The zero-order chi connectivity index (χ0) is 25.9. The fourth-order valence-electron chi connectivity index (χ4n) is 3.25. The number of amides is 2. The molecule has 0 aromatic heterocycles. The maximum Gasteiger partial charge on any atom is 0.287 e. The lowest BCUT2D eigenvalue weighted by Crippen LogP contribution is -2.32. The van der Waals surface area contributed by atoms with Crippen LogP contribution in [0.15, 0.2) is 83.6 Å². The Morgan fingerprint density at radius 2 is 1.64 bits per heavy atom. The summed E-state index contributed by atoms with van der Waals surface area (Å²) in [5.74, 6) is 0.215. The summed E-state index contributed by atoms with van der Waals surface area (Å²) in [5, 5.41) is 6.76. The molecule has 2 N–H and O–H groups in total. The van der Waals surface area contributed by atoms with Crippen LogP contribution >= 0.6 is 0 Å². The summed E-state index contributed by atoms with van der Waals surface area (Å²) in [7, 11) is 5.46. The second kappa shape index (κ2) is 12.8. The van der Waals surface area contributed by atoms with Crippen molar-refractivity contribution in [1.29, 1.82) is 0 Å². The SMILES string of the molecule is CCOc1cc(/C=N/NC(=O)/C(=C\c2ccc(N(C)C)cc2)NC(=O)c2ccccc2)ccc1OC. The minimum atomic E-state index is -0.564. The highest BCUT2D eigenvalue weighted by Crippen LogP contribution is 2.27. The highest BCUT2D eigenvalue weighted by atomic mass is 16.5. The molecule has 3 rings (SSSR count). The summed E-state index contributed by atoms with van der Waals surface area (Å²) in [4.78, 5) is 27.7. The number of rotatable bonds is 10. The van der Waals surface area contributed by atoms with Crippen LogP contribution in [0.4, 0.5) is 5.69 Å². The van der Waals surface area contributed by atoms with Crippen LogP contribution in [0.2, 0.25) is 0 Å². The second-order valence-corrected chi connectivity index (χ2v) is 7.91. The molecule has 0 spiro atoms. The van der Waals surface area contributed by atoms with Crippen molar-refractivity contribution in [2.45, 2.75) is 6.92 Å². The molecule has 0 radical (unpaired) electrons. The van der Waals surface area contributed by atoms with Crippen LogP contribution in [0.1, 0.15) is 28.4 Å². The lowest BCUT2D eigenvalue weighted by molar-refractivity contribution is -0.117. The number of hydrogen-bond donors (Lipinski definition) is 2. The smallest absolute Gasteiger partial charge is 0.287 e. The van der Waals surface area contributed by atoms with Crippen molar-refractivity contribution in [3.63, 3.8) is 0 Å². The predicted molar refractivity (Wildman–Crippen MR) is 143 cm³/mol. The number of hydrazone groups is 1. The summed E-state index contributed by atoms with van der Waals surface area (Å²) in [6, 6.07) is 21.6. The van der Waals surface area contributed by atoms with Gasteiger partial charge in [-0.05, 0) is 66.6 Å². The van der Waals surface area contributed by atoms with Gasteiger partial charge in [-0.15, -0.1) is 0 Å². The molecule has 0 aliphatic carbocycles. The number of benzene rings is 3. The summed E-state index contributed by atoms with van der Waals surface area (Å²) in [6.45, 7) is 2.37. The van der Waals surface area contributed by atoms with E-state index in [-0.39, 0.29) is 5.70 Å². The Morgan fingerprint density at radius 3 is 2.28 bits per heavy atom. The Kier molecular flexibility index (Phi) is 9.22. The van der Waals surface area contributed by atoms with Crippen LogP contribution in [0.3, 0.4) is 0 Å². The number of carbonyl (C=O) groups excluding carboxylic acids is 2. The van der Waals surface area contributed by atoms with E-state index in [1.54, 1.807) is 55.7 Å². The largest absolute Gasteiger partial charge is 0.493 e. The van der Waals surface area contributed by atoms with Crippen molar-refractivity contribution < 1.29 is 19.1 Å². The first-order valence-corrected chi connectivity index (χ1v) is 11.4. The van der Waals surface area contributed by atoms with E-state index in [0.717, 1.165) is 11.3 Å². The standard InChI is InChI=1S/C28H30N4O4/c1-5-36-26-18-21(13-16-25(26)35-4)19-29-31-28(34)24(30-27(33)22-9-7-6-8-10-22)17-20-11-14-23(15-12-20)32(2)3/h6-19H,5H2,1-4H3,(H,30,33)(H,31,34)/b24-17+,29-19+. The van der Waals surface area contributed by atoms with E-state index in [0.29, 0.717) is 29.2 Å². The van der Waals surface area contributed by atoms with Crippen LogP contribution in [0.5, 0.6) is 11.5 Å². The molecule has 0 atom stereocenters. The zero-order valence-corrected chi connectivity index (χ0v) is 20.8. The second-order valence-electron chi connectivity index (χ2n) is 7.91. The van der Waals surface area contributed by atoms with Crippen LogP contribution in [-0.2, 0) is 4.79 Å². The lowest BCUT2D eigenvalue weighted by atomic mass is 10.1. The summed E-state index contributed by atoms with van der Waals surface area (Å²) in [6.07, 6.45) is 3.09. The normalized spacial score (nSPS) is 11.2. The molecule has 0 heterocycles. The average molecular weight is 487 g/mol. The highest BCUT2D eigenvalue weighted by molar-refractivity contribution is 6.05. The van der Waals surface area contributed by atoms with E-state index in [9.17, 15) is 9.59 Å². The summed E-state index contributed by atoms with van der Waals surface area (Å²) in [5.41, 5.74) is 5.45. The van der Waals surface area contributed by atoms with Crippen molar-refractivity contribution in [1.82, 2.24) is 10.7 Å². The number of nitrogens with one attached hydrogen (secondary N) is 2. The highest BCUT2D eigenvalue weighted by Gasteiger charge is 2.14. The molecule has 0 bridgehead atoms. The number of nitrogens with zero attached hydrogens (tertiary/aromatic N) is 2. The third-order valence-corrected chi connectivity index (χ3v) is 5.12. The van der Waals surface area contributed by atoms with E-state index in [2.05, 4.69) is 15.8 Å². The number of methoxy groups -OCH3 is 1. The Labute approximate surface area is 211 Å². The fourth-order valence-corrected chi connectivity index (χ4v) is 3.25. The van der Waals surface area contributed by atoms with Gasteiger partial charge in [0.15, 0.2) is 11.5 Å². The number of carbonyl (C=O) groups is 2. The van der Waals surface area contributed by atoms with Crippen LogP contribution < -0.4 is 25.1 Å². The fraction of sp³-hybridized carbons (Fsp3) is 0.179. The van der Waals surface area contributed by atoms with Gasteiger partial charge in [0.2, 0.25) is 0 Å². The molecule has 3 aromatic carbocycles. The first-order valence-electron chi connectivity index (χ1n) is 11.4. The quantitative estimate of drug-likeness (QED) is 0.256. The maximum absolute atomic E-state index is 13.0. The Bertz CT molecular complexity index is 1240. The van der Waals surface area contributed by atoms with Gasteiger partial charge in [-0.3, -0.25) is 9.59 Å². The van der Waals surface area contributed by atoms with Crippen molar-refractivity contribution in [2.75, 3.05) is 32.7 Å². The topological polar surface area (TPSA) is 92.3 Å². The molecule has 0 unspecified atom stereocenters. The van der Waals surface area contributed by atoms with Gasteiger partial charge >= 0.3 is 0 Å². The van der Waals surface area contributed by atoms with Gasteiger partial charge in [-0.2, -0.15) is 5.10 Å². The van der Waals surface area contributed by atoms with Gasteiger partial charge in [-0.25, -0.2) is 5.43 Å². The first-order chi connectivity index (χ1) is 17.4. The minimum absolute atomic E-state index is 0.0587. The molecule has 8 heteroatoms. The van der Waals surface area contributed by atoms with Gasteiger partial charge in [0.1, 0.15) is 5.70 Å². The molecule has 0 fully saturated rings. The molecule has 2 amide bonds. The number of ether oxygens (including phenoxy) is 2. The number of anilines is 1. The van der Waals surface area contributed by atoms with Crippen LogP contribution in [-0.4, -0.2) is 45.8 Å². The summed E-state index contributed by atoms with van der Waals surface area (Å²) >= 11 is 0. The zero-order valence-electron chi connectivity index (χ0n) is 20.8. The van der Waals surface area contributed by atoms with E-state index >= 15 is 0 Å². The summed E-state index contributed by atoms with van der Waals surface area (Å²) < 4.78 is 10.9. The van der Waals surface area contributed by atoms with Crippen molar-refractivity contribution in [3.05, 3.63) is 95.2 Å². The van der Waals surface area contributed by atoms with E-state index < -0.39 is 11.8 Å². The van der Waals surface area contributed by atoms with Gasteiger partial charge in [0.05, 0.1) is 19.9 Å². The predicted octanol–water partition coefficient (Wildman–Crippen LogP) is 4.08. The van der Waals surface area contributed by atoms with Gasteiger partial charge < -0.3 is 19.7 Å². The van der Waals surface area contributed by atoms with E-state index in [4.69, 9.17) is 9.47 Å². The van der Waals surface area contributed by atoms with Crippen molar-refractivity contribution in [2.24, 2.45) is 5.10 Å². The van der Waals surface area contributed by atoms with Crippen molar-refractivity contribution in [3.8, 4) is 11.5 Å². The molecule has 8 nitrogen and oxygen atoms in total. The Morgan fingerprint density at radius 1 is 0.944 bits per heavy atom. The van der Waals surface area contributed by atoms with Gasteiger partial charge in [-0.1, -0.05) is 30.3 Å². The van der Waals surface area contributed by atoms with Crippen LogP contribution in [0.25, 0.3) is 6.08 Å².